The van der Waals surface area contributed by atoms with Gasteiger partial charge in [-0.15, -0.1) is 21.5 Å². The molecule has 0 aliphatic heterocycles. The van der Waals surface area contributed by atoms with Gasteiger partial charge < -0.3 is 10.1 Å². The van der Waals surface area contributed by atoms with E-state index in [0.29, 0.717) is 27.0 Å². The summed E-state index contributed by atoms with van der Waals surface area (Å²) in [6, 6.07) is 17.9. The van der Waals surface area contributed by atoms with Crippen LogP contribution in [0.3, 0.4) is 0 Å². The van der Waals surface area contributed by atoms with E-state index in [4.69, 9.17) is 16.3 Å². The van der Waals surface area contributed by atoms with E-state index in [9.17, 15) is 13.2 Å². The van der Waals surface area contributed by atoms with Gasteiger partial charge in [0, 0.05) is 5.69 Å². The molecule has 2 aromatic carbocycles. The lowest BCUT2D eigenvalue weighted by molar-refractivity contribution is 0.103. The van der Waals surface area contributed by atoms with E-state index in [1.54, 1.807) is 6.92 Å². The fourth-order valence-electron chi connectivity index (χ4n) is 2.86. The molecule has 4 aromatic rings. The fraction of sp³-hybridized carbons (Fsp3) is 0.0909. The zero-order chi connectivity index (χ0) is 24.1. The quantitative estimate of drug-likeness (QED) is 0.353. The number of hydrogen-bond acceptors (Lipinski definition) is 8. The molecule has 9 nitrogen and oxygen atoms in total. The maximum Gasteiger partial charge on any atom is 0.267 e. The number of thiazole rings is 1. The highest BCUT2D eigenvalue weighted by Crippen LogP contribution is 2.23. The van der Waals surface area contributed by atoms with Crippen molar-refractivity contribution >= 4 is 50.4 Å². The smallest absolute Gasteiger partial charge is 0.267 e. The minimum Gasteiger partial charge on any atom is -0.486 e. The van der Waals surface area contributed by atoms with Crippen LogP contribution >= 0.6 is 22.9 Å². The van der Waals surface area contributed by atoms with Crippen molar-refractivity contribution in [3.63, 3.8) is 0 Å². The topological polar surface area (TPSA) is 123 Å². The number of anilines is 2. The van der Waals surface area contributed by atoms with E-state index in [0.717, 1.165) is 0 Å². The second-order valence-corrected chi connectivity index (χ2v) is 10.1. The second-order valence-electron chi connectivity index (χ2n) is 6.95. The standard InChI is InChI=1S/C22H18ClN5O4S2/c1-14-21(33-20(24-14)13-32-16-5-3-2-4-6-16)22(29)25-15-7-9-17(10-8-15)34(30,31)28-19-12-11-18(23)26-27-19/h2-12H,13H2,1H3,(H,25,29)(H,27,28). The SMILES string of the molecule is Cc1nc(COc2ccccc2)sc1C(=O)Nc1ccc(S(=O)(=O)Nc2ccc(Cl)nn2)cc1. The van der Waals surface area contributed by atoms with Gasteiger partial charge in [0.2, 0.25) is 0 Å². The highest BCUT2D eigenvalue weighted by molar-refractivity contribution is 7.92. The lowest BCUT2D eigenvalue weighted by atomic mass is 10.3. The van der Waals surface area contributed by atoms with Crippen molar-refractivity contribution in [1.29, 1.82) is 0 Å². The maximum atomic E-state index is 12.7. The summed E-state index contributed by atoms with van der Waals surface area (Å²) in [4.78, 5) is 17.6. The number of rotatable bonds is 8. The third kappa shape index (κ3) is 5.87. The van der Waals surface area contributed by atoms with E-state index in [-0.39, 0.29) is 28.4 Å². The van der Waals surface area contributed by atoms with Crippen LogP contribution < -0.4 is 14.8 Å². The monoisotopic (exact) mass is 515 g/mol. The number of aryl methyl sites for hydroxylation is 1. The number of para-hydroxylation sites is 1. The summed E-state index contributed by atoms with van der Waals surface area (Å²) in [6.07, 6.45) is 0. The van der Waals surface area contributed by atoms with Crippen molar-refractivity contribution in [2.75, 3.05) is 10.0 Å². The van der Waals surface area contributed by atoms with Gasteiger partial charge in [-0.1, -0.05) is 29.8 Å². The first-order valence-corrected chi connectivity index (χ1v) is 12.6. The van der Waals surface area contributed by atoms with Crippen LogP contribution in [0.15, 0.2) is 71.6 Å². The van der Waals surface area contributed by atoms with Crippen LogP contribution in [0.5, 0.6) is 5.75 Å². The molecule has 0 atom stereocenters. The van der Waals surface area contributed by atoms with E-state index in [1.807, 2.05) is 30.3 Å². The van der Waals surface area contributed by atoms with Crippen LogP contribution in [0.4, 0.5) is 11.5 Å². The first-order valence-electron chi connectivity index (χ1n) is 9.88. The molecule has 0 bridgehead atoms. The van der Waals surface area contributed by atoms with Crippen molar-refractivity contribution < 1.29 is 17.9 Å². The molecule has 34 heavy (non-hydrogen) atoms. The Labute approximate surface area is 204 Å². The number of aromatic nitrogens is 3. The molecule has 0 saturated carbocycles. The number of halogens is 1. The Morgan fingerprint density at radius 2 is 1.76 bits per heavy atom. The van der Waals surface area contributed by atoms with Crippen LogP contribution in [0.2, 0.25) is 5.15 Å². The fourth-order valence-corrected chi connectivity index (χ4v) is 4.83. The molecule has 0 aliphatic carbocycles. The van der Waals surface area contributed by atoms with E-state index >= 15 is 0 Å². The van der Waals surface area contributed by atoms with Gasteiger partial charge in [-0.25, -0.2) is 13.4 Å². The Kier molecular flexibility index (Phi) is 7.06. The van der Waals surface area contributed by atoms with E-state index in [2.05, 4.69) is 25.2 Å². The van der Waals surface area contributed by atoms with Gasteiger partial charge in [-0.05, 0) is 55.5 Å². The molecule has 2 aromatic heterocycles. The second kappa shape index (κ2) is 10.2. The number of nitrogens with zero attached hydrogens (tertiary/aromatic N) is 3. The van der Waals surface area contributed by atoms with Gasteiger partial charge in [-0.2, -0.15) is 0 Å². The van der Waals surface area contributed by atoms with Crippen molar-refractivity contribution in [1.82, 2.24) is 15.2 Å². The number of amides is 1. The Morgan fingerprint density at radius 3 is 2.44 bits per heavy atom. The van der Waals surface area contributed by atoms with Gasteiger partial charge in [0.05, 0.1) is 10.6 Å². The first kappa shape index (κ1) is 23.6. The summed E-state index contributed by atoms with van der Waals surface area (Å²) in [7, 11) is -3.89. The normalized spacial score (nSPS) is 11.1. The molecule has 2 N–H and O–H groups in total. The van der Waals surface area contributed by atoms with Gasteiger partial charge in [-0.3, -0.25) is 9.52 Å². The zero-order valence-corrected chi connectivity index (χ0v) is 20.1. The zero-order valence-electron chi connectivity index (χ0n) is 17.7. The molecular formula is C22H18ClN5O4S2. The Morgan fingerprint density at radius 1 is 1.03 bits per heavy atom. The molecule has 0 fully saturated rings. The third-order valence-corrected chi connectivity index (χ3v) is 7.15. The molecule has 4 rings (SSSR count). The number of ether oxygens (including phenoxy) is 1. The van der Waals surface area contributed by atoms with Gasteiger partial charge in [0.15, 0.2) is 11.0 Å². The highest BCUT2D eigenvalue weighted by Gasteiger charge is 2.18. The van der Waals surface area contributed by atoms with Crippen molar-refractivity contribution in [3.05, 3.63) is 87.5 Å². The highest BCUT2D eigenvalue weighted by atomic mass is 35.5. The summed E-state index contributed by atoms with van der Waals surface area (Å²) >= 11 is 6.90. The molecule has 0 radical (unpaired) electrons. The minimum absolute atomic E-state index is 0.00318. The Bertz CT molecular complexity index is 1390. The van der Waals surface area contributed by atoms with E-state index in [1.165, 1.54) is 47.7 Å². The first-order chi connectivity index (χ1) is 16.3. The van der Waals surface area contributed by atoms with Crippen LogP contribution in [0.1, 0.15) is 20.4 Å². The predicted octanol–water partition coefficient (Wildman–Crippen LogP) is 4.53. The van der Waals surface area contributed by atoms with Crippen molar-refractivity contribution in [2.24, 2.45) is 0 Å². The number of benzene rings is 2. The van der Waals surface area contributed by atoms with Crippen LogP contribution in [0.25, 0.3) is 0 Å². The van der Waals surface area contributed by atoms with Crippen LogP contribution in [-0.2, 0) is 16.6 Å². The van der Waals surface area contributed by atoms with Gasteiger partial charge in [0.1, 0.15) is 22.2 Å². The summed E-state index contributed by atoms with van der Waals surface area (Å²) in [6.45, 7) is 2.00. The largest absolute Gasteiger partial charge is 0.486 e. The lowest BCUT2D eigenvalue weighted by Crippen LogP contribution is -2.15. The Balaban J connectivity index is 1.39. The molecule has 2 heterocycles. The molecule has 12 heteroatoms. The summed E-state index contributed by atoms with van der Waals surface area (Å²) < 4.78 is 33.1. The van der Waals surface area contributed by atoms with Crippen LogP contribution in [0, 0.1) is 6.92 Å². The maximum absolute atomic E-state index is 12.7. The Hall–Kier alpha value is -3.54. The van der Waals surface area contributed by atoms with Crippen molar-refractivity contribution in [3.8, 4) is 5.75 Å². The van der Waals surface area contributed by atoms with Gasteiger partial charge in [0.25, 0.3) is 15.9 Å². The number of carbonyl (C=O) groups is 1. The molecule has 0 spiro atoms. The molecular weight excluding hydrogens is 498 g/mol. The summed E-state index contributed by atoms with van der Waals surface area (Å²) in [5.74, 6) is 0.412. The number of carbonyl (C=O) groups excluding carboxylic acids is 1. The average molecular weight is 516 g/mol. The molecule has 0 aliphatic rings. The van der Waals surface area contributed by atoms with E-state index < -0.39 is 10.0 Å². The number of nitrogens with one attached hydrogen (secondary N) is 2. The summed E-state index contributed by atoms with van der Waals surface area (Å²) in [5.41, 5.74) is 1.02. The number of hydrogen-bond donors (Lipinski definition) is 2. The molecule has 1 amide bonds. The molecule has 0 unspecified atom stereocenters. The van der Waals surface area contributed by atoms with Crippen LogP contribution in [-0.4, -0.2) is 29.5 Å². The summed E-state index contributed by atoms with van der Waals surface area (Å²) in [5, 5.41) is 10.9. The lowest BCUT2D eigenvalue weighted by Gasteiger charge is -2.08. The average Bonchev–Trinajstić information content (AvgIpc) is 3.21. The number of sulfonamides is 1. The minimum atomic E-state index is -3.89. The predicted molar refractivity (Wildman–Crippen MR) is 130 cm³/mol. The van der Waals surface area contributed by atoms with Gasteiger partial charge >= 0.3 is 0 Å². The third-order valence-electron chi connectivity index (χ3n) is 4.45. The van der Waals surface area contributed by atoms with Crippen molar-refractivity contribution in [2.45, 2.75) is 18.4 Å². The molecule has 0 saturated heterocycles. The molecule has 174 valence electrons.